The fraction of sp³-hybridized carbons (Fsp3) is 0.889. The smallest absolute Gasteiger partial charge is 0.321 e. The van der Waals surface area contributed by atoms with Gasteiger partial charge in [-0.2, -0.15) is 0 Å². The summed E-state index contributed by atoms with van der Waals surface area (Å²) in [5.74, 6) is 0.679. The predicted octanol–water partition coefficient (Wildman–Crippen LogP) is -0.0572. The molecule has 2 amide bonds. The zero-order chi connectivity index (χ0) is 9.80. The minimum absolute atomic E-state index is 0.104. The molecule has 1 saturated heterocycles. The number of hydrogen-bond donors (Lipinski definition) is 2. The molecule has 0 aromatic heterocycles. The van der Waals surface area contributed by atoms with Crippen LogP contribution in [0.5, 0.6) is 0 Å². The number of hydroxylamine groups is 1. The number of amides is 2. The largest absolute Gasteiger partial charge is 0.341 e. The van der Waals surface area contributed by atoms with Gasteiger partial charge in [0.15, 0.2) is 0 Å². The van der Waals surface area contributed by atoms with Crippen molar-refractivity contribution in [3.8, 4) is 0 Å². The normalized spacial score (nSPS) is 22.1. The van der Waals surface area contributed by atoms with E-state index in [1.165, 1.54) is 12.8 Å². The zero-order valence-corrected chi connectivity index (χ0v) is 8.29. The number of nitrogens with one attached hydrogen (secondary N) is 2. The highest BCUT2D eigenvalue weighted by Crippen LogP contribution is 2.28. The van der Waals surface area contributed by atoms with Crippen molar-refractivity contribution in [2.24, 2.45) is 5.92 Å². The molecule has 5 nitrogen and oxygen atoms in total. The van der Waals surface area contributed by atoms with E-state index < -0.39 is 0 Å². The highest BCUT2D eigenvalue weighted by atomic mass is 16.7. The van der Waals surface area contributed by atoms with E-state index in [4.69, 9.17) is 4.84 Å². The van der Waals surface area contributed by atoms with E-state index in [1.54, 1.807) is 4.90 Å². The molecule has 2 rings (SSSR count). The summed E-state index contributed by atoms with van der Waals surface area (Å²) in [5.41, 5.74) is 2.48. The number of carbonyl (C=O) groups is 1. The minimum Gasteiger partial charge on any atom is -0.321 e. The van der Waals surface area contributed by atoms with Crippen molar-refractivity contribution in [1.82, 2.24) is 15.7 Å². The topological polar surface area (TPSA) is 53.6 Å². The second-order valence-corrected chi connectivity index (χ2v) is 3.90. The molecule has 0 aromatic rings. The van der Waals surface area contributed by atoms with Crippen LogP contribution in [0.2, 0.25) is 0 Å². The number of piperazine rings is 1. The van der Waals surface area contributed by atoms with Crippen LogP contribution in [0.4, 0.5) is 4.79 Å². The summed E-state index contributed by atoms with van der Waals surface area (Å²) in [6.45, 7) is 3.93. The highest BCUT2D eigenvalue weighted by Gasteiger charge is 2.22. The third-order valence-electron chi connectivity index (χ3n) is 2.58. The fourth-order valence-corrected chi connectivity index (χ4v) is 1.44. The molecule has 0 unspecified atom stereocenters. The summed E-state index contributed by atoms with van der Waals surface area (Å²) in [6, 6.07) is -0.104. The average molecular weight is 199 g/mol. The van der Waals surface area contributed by atoms with Gasteiger partial charge in [0.2, 0.25) is 0 Å². The molecule has 2 aliphatic rings. The van der Waals surface area contributed by atoms with E-state index >= 15 is 0 Å². The summed E-state index contributed by atoms with van der Waals surface area (Å²) in [4.78, 5) is 18.3. The molecule has 2 fully saturated rings. The number of nitrogens with zero attached hydrogens (tertiary/aromatic N) is 1. The maximum Gasteiger partial charge on any atom is 0.341 e. The molecule has 0 aromatic carbocycles. The van der Waals surface area contributed by atoms with Crippen molar-refractivity contribution in [2.45, 2.75) is 12.8 Å². The van der Waals surface area contributed by atoms with Gasteiger partial charge in [-0.25, -0.2) is 10.3 Å². The maximum absolute atomic E-state index is 11.5. The Morgan fingerprint density at radius 1 is 1.43 bits per heavy atom. The van der Waals surface area contributed by atoms with Gasteiger partial charge < -0.3 is 10.2 Å². The number of urea groups is 1. The van der Waals surface area contributed by atoms with Crippen LogP contribution in [0.15, 0.2) is 0 Å². The van der Waals surface area contributed by atoms with Gasteiger partial charge in [0.25, 0.3) is 0 Å². The summed E-state index contributed by atoms with van der Waals surface area (Å²) < 4.78 is 0. The molecule has 80 valence electrons. The maximum atomic E-state index is 11.5. The van der Waals surface area contributed by atoms with Crippen LogP contribution < -0.4 is 10.8 Å². The van der Waals surface area contributed by atoms with Gasteiger partial charge in [-0.1, -0.05) is 0 Å². The average Bonchev–Trinajstić information content (AvgIpc) is 3.03. The SMILES string of the molecule is O=C(NOCC1CC1)N1CCNCC1. The van der Waals surface area contributed by atoms with Gasteiger partial charge >= 0.3 is 6.03 Å². The van der Waals surface area contributed by atoms with Crippen LogP contribution in [0.25, 0.3) is 0 Å². The van der Waals surface area contributed by atoms with Crippen molar-refractivity contribution in [1.29, 1.82) is 0 Å². The monoisotopic (exact) mass is 199 g/mol. The van der Waals surface area contributed by atoms with Crippen LogP contribution in [0.3, 0.4) is 0 Å². The van der Waals surface area contributed by atoms with Crippen molar-refractivity contribution < 1.29 is 9.63 Å². The van der Waals surface area contributed by atoms with E-state index in [1.807, 2.05) is 0 Å². The quantitative estimate of drug-likeness (QED) is 0.626. The van der Waals surface area contributed by atoms with Gasteiger partial charge in [0.05, 0.1) is 6.61 Å². The van der Waals surface area contributed by atoms with Crippen LogP contribution in [-0.2, 0) is 4.84 Å². The van der Waals surface area contributed by atoms with Crippen LogP contribution >= 0.6 is 0 Å². The first kappa shape index (κ1) is 9.73. The first-order valence-electron chi connectivity index (χ1n) is 5.23. The lowest BCUT2D eigenvalue weighted by Crippen LogP contribution is -2.50. The molecule has 0 radical (unpaired) electrons. The Kier molecular flexibility index (Phi) is 3.21. The molecule has 5 heteroatoms. The summed E-state index contributed by atoms with van der Waals surface area (Å²) in [5, 5.41) is 3.19. The second-order valence-electron chi connectivity index (χ2n) is 3.90. The standard InChI is InChI=1S/C9H17N3O2/c13-9(11-14-7-8-1-2-8)12-5-3-10-4-6-12/h8,10H,1-7H2,(H,11,13). The Morgan fingerprint density at radius 2 is 2.14 bits per heavy atom. The van der Waals surface area contributed by atoms with Gasteiger partial charge in [-0.15, -0.1) is 0 Å². The molecular formula is C9H17N3O2. The van der Waals surface area contributed by atoms with Crippen molar-refractivity contribution in [3.63, 3.8) is 0 Å². The Labute approximate surface area is 83.7 Å². The Bertz CT molecular complexity index is 200. The first-order chi connectivity index (χ1) is 6.86. The van der Waals surface area contributed by atoms with Crippen LogP contribution in [-0.4, -0.2) is 43.7 Å². The molecule has 2 N–H and O–H groups in total. The molecule has 1 saturated carbocycles. The fourth-order valence-electron chi connectivity index (χ4n) is 1.44. The molecule has 1 aliphatic carbocycles. The van der Waals surface area contributed by atoms with Crippen molar-refractivity contribution >= 4 is 6.03 Å². The van der Waals surface area contributed by atoms with E-state index in [2.05, 4.69) is 10.8 Å². The first-order valence-corrected chi connectivity index (χ1v) is 5.23. The lowest BCUT2D eigenvalue weighted by Gasteiger charge is -2.27. The molecule has 14 heavy (non-hydrogen) atoms. The Hall–Kier alpha value is -0.810. The summed E-state index contributed by atoms with van der Waals surface area (Å²) >= 11 is 0. The summed E-state index contributed by atoms with van der Waals surface area (Å²) in [7, 11) is 0. The third-order valence-corrected chi connectivity index (χ3v) is 2.58. The molecule has 0 spiro atoms. The lowest BCUT2D eigenvalue weighted by molar-refractivity contribution is 0.0401. The Balaban J connectivity index is 1.60. The third kappa shape index (κ3) is 2.85. The number of carbonyl (C=O) groups excluding carboxylic acids is 1. The summed E-state index contributed by atoms with van der Waals surface area (Å²) in [6.07, 6.45) is 2.48. The van der Waals surface area contributed by atoms with Gasteiger partial charge in [-0.05, 0) is 18.8 Å². The van der Waals surface area contributed by atoms with Gasteiger partial charge in [-0.3, -0.25) is 4.84 Å². The van der Waals surface area contributed by atoms with Gasteiger partial charge in [0, 0.05) is 26.2 Å². The van der Waals surface area contributed by atoms with E-state index in [0.29, 0.717) is 12.5 Å². The number of hydrogen-bond acceptors (Lipinski definition) is 3. The molecule has 0 bridgehead atoms. The lowest BCUT2D eigenvalue weighted by atomic mass is 10.4. The van der Waals surface area contributed by atoms with E-state index in [9.17, 15) is 4.79 Å². The van der Waals surface area contributed by atoms with Crippen molar-refractivity contribution in [3.05, 3.63) is 0 Å². The zero-order valence-electron chi connectivity index (χ0n) is 8.29. The minimum atomic E-state index is -0.104. The van der Waals surface area contributed by atoms with Crippen LogP contribution in [0.1, 0.15) is 12.8 Å². The van der Waals surface area contributed by atoms with Gasteiger partial charge in [0.1, 0.15) is 0 Å². The van der Waals surface area contributed by atoms with E-state index in [0.717, 1.165) is 26.2 Å². The Morgan fingerprint density at radius 3 is 2.79 bits per heavy atom. The highest BCUT2D eigenvalue weighted by molar-refractivity contribution is 5.73. The molecule has 0 atom stereocenters. The van der Waals surface area contributed by atoms with E-state index in [-0.39, 0.29) is 6.03 Å². The van der Waals surface area contributed by atoms with Crippen molar-refractivity contribution in [2.75, 3.05) is 32.8 Å². The molecular weight excluding hydrogens is 182 g/mol. The molecule has 1 aliphatic heterocycles. The van der Waals surface area contributed by atoms with Crippen LogP contribution in [0, 0.1) is 5.92 Å². The predicted molar refractivity (Wildman–Crippen MR) is 51.7 cm³/mol. The number of rotatable bonds is 3. The second kappa shape index (κ2) is 4.61. The molecule has 1 heterocycles.